The molecule has 1 unspecified atom stereocenters. The number of hydrogen-bond donors (Lipinski definition) is 0. The van der Waals surface area contributed by atoms with Crippen LogP contribution < -0.4 is 9.47 Å². The van der Waals surface area contributed by atoms with Gasteiger partial charge in [0.2, 0.25) is 8.32 Å². The van der Waals surface area contributed by atoms with Gasteiger partial charge in [-0.2, -0.15) is 0 Å². The third kappa shape index (κ3) is 6.36. The Morgan fingerprint density at radius 2 is 1.57 bits per heavy atom. The molecule has 0 radical (unpaired) electrons. The van der Waals surface area contributed by atoms with Crippen molar-refractivity contribution in [3.05, 3.63) is 23.8 Å². The largest absolute Gasteiger partial charge is 0.518 e. The molecule has 0 saturated carbocycles. The van der Waals surface area contributed by atoms with Gasteiger partial charge in [-0.3, -0.25) is 4.79 Å². The van der Waals surface area contributed by atoms with E-state index in [0.29, 0.717) is 17.1 Å². The van der Waals surface area contributed by atoms with Crippen LogP contribution in [0.3, 0.4) is 0 Å². The fraction of sp³-hybridized carbons (Fsp3) is 0.562. The second kappa shape index (κ2) is 7.50. The van der Waals surface area contributed by atoms with Gasteiger partial charge in [0.15, 0.2) is 14.4 Å². The molecule has 5 nitrogen and oxygen atoms in total. The lowest BCUT2D eigenvalue weighted by molar-refractivity contribution is -0.143. The molecule has 1 rings (SSSR count). The van der Waals surface area contributed by atoms with Gasteiger partial charge >= 0.3 is 5.97 Å². The van der Waals surface area contributed by atoms with Gasteiger partial charge in [-0.1, -0.05) is 0 Å². The maximum absolute atomic E-state index is 12.7. The normalized spacial score (nSPS) is 13.4. The quantitative estimate of drug-likeness (QED) is 0.692. The SMILES string of the molecule is COc1ccc(OC)c(C(O[Si](C)(C)C)C(=O)O[Si](C)(C)C)c1. The van der Waals surface area contributed by atoms with Crippen molar-refractivity contribution in [3.8, 4) is 11.5 Å². The highest BCUT2D eigenvalue weighted by Gasteiger charge is 2.34. The molecule has 0 aliphatic carbocycles. The van der Waals surface area contributed by atoms with Crippen LogP contribution >= 0.6 is 0 Å². The monoisotopic (exact) mass is 356 g/mol. The van der Waals surface area contributed by atoms with Crippen LogP contribution in [0, 0.1) is 0 Å². The van der Waals surface area contributed by atoms with Crippen LogP contribution in [0.5, 0.6) is 11.5 Å². The zero-order valence-corrected chi connectivity index (χ0v) is 17.4. The molecule has 1 aromatic rings. The van der Waals surface area contributed by atoms with Crippen molar-refractivity contribution in [3.63, 3.8) is 0 Å². The van der Waals surface area contributed by atoms with E-state index in [1.807, 2.05) is 39.3 Å². The van der Waals surface area contributed by atoms with E-state index in [-0.39, 0.29) is 5.97 Å². The summed E-state index contributed by atoms with van der Waals surface area (Å²) in [4.78, 5) is 12.7. The molecule has 130 valence electrons. The highest BCUT2D eigenvalue weighted by atomic mass is 28.4. The lowest BCUT2D eigenvalue weighted by Crippen LogP contribution is -2.37. The minimum atomic E-state index is -2.03. The van der Waals surface area contributed by atoms with Crippen LogP contribution in [-0.2, 0) is 13.6 Å². The Morgan fingerprint density at radius 3 is 2.00 bits per heavy atom. The first kappa shape index (κ1) is 19.7. The molecule has 0 aliphatic rings. The molecular formula is C16H28O5Si2. The summed E-state index contributed by atoms with van der Waals surface area (Å²) in [5.74, 6) is 0.866. The number of hydrogen-bond acceptors (Lipinski definition) is 5. The summed E-state index contributed by atoms with van der Waals surface area (Å²) in [6, 6.07) is 5.34. The van der Waals surface area contributed by atoms with Crippen molar-refractivity contribution < 1.29 is 23.1 Å². The Morgan fingerprint density at radius 1 is 0.957 bits per heavy atom. The van der Waals surface area contributed by atoms with Gasteiger partial charge in [-0.05, 0) is 57.5 Å². The van der Waals surface area contributed by atoms with Crippen molar-refractivity contribution in [1.29, 1.82) is 0 Å². The van der Waals surface area contributed by atoms with Gasteiger partial charge in [-0.15, -0.1) is 0 Å². The fourth-order valence-electron chi connectivity index (χ4n) is 1.99. The van der Waals surface area contributed by atoms with Crippen LogP contribution in [0.15, 0.2) is 18.2 Å². The molecule has 23 heavy (non-hydrogen) atoms. The van der Waals surface area contributed by atoms with E-state index in [0.717, 1.165) is 0 Å². The second-order valence-electron chi connectivity index (χ2n) is 7.25. The molecule has 7 heteroatoms. The van der Waals surface area contributed by atoms with Crippen LogP contribution in [0.2, 0.25) is 39.3 Å². The zero-order chi connectivity index (χ0) is 17.8. The predicted molar refractivity (Wildman–Crippen MR) is 96.2 cm³/mol. The Labute approximate surface area is 141 Å². The predicted octanol–water partition coefficient (Wildman–Crippen LogP) is 3.97. The van der Waals surface area contributed by atoms with Gasteiger partial charge in [0.05, 0.1) is 14.2 Å². The maximum Gasteiger partial charge on any atom is 0.325 e. The summed E-state index contributed by atoms with van der Waals surface area (Å²) in [7, 11) is -0.859. The van der Waals surface area contributed by atoms with Gasteiger partial charge < -0.3 is 18.3 Å². The fourth-order valence-corrected chi connectivity index (χ4v) is 3.63. The van der Waals surface area contributed by atoms with Crippen molar-refractivity contribution in [2.75, 3.05) is 14.2 Å². The number of rotatable bonds is 7. The highest BCUT2D eigenvalue weighted by Crippen LogP contribution is 2.34. The van der Waals surface area contributed by atoms with Gasteiger partial charge in [0.25, 0.3) is 0 Å². The number of ether oxygens (including phenoxy) is 2. The standard InChI is InChI=1S/C16H28O5Si2/c1-18-12-9-10-14(19-2)13(11-12)15(20-22(3,4)5)16(17)21-23(6,7)8/h9-11,15H,1-8H3. The van der Waals surface area contributed by atoms with Gasteiger partial charge in [-0.25, -0.2) is 0 Å². The average molecular weight is 357 g/mol. The van der Waals surface area contributed by atoms with Crippen molar-refractivity contribution in [2.45, 2.75) is 45.4 Å². The Balaban J connectivity index is 3.31. The molecule has 0 saturated heterocycles. The van der Waals surface area contributed by atoms with Crippen molar-refractivity contribution in [2.24, 2.45) is 0 Å². The topological polar surface area (TPSA) is 54.0 Å². The first-order valence-corrected chi connectivity index (χ1v) is 14.4. The Bertz CT molecular complexity index is 546. The summed E-state index contributed by atoms with van der Waals surface area (Å²) in [6.07, 6.45) is -0.807. The maximum atomic E-state index is 12.7. The number of benzene rings is 1. The van der Waals surface area contributed by atoms with E-state index in [2.05, 4.69) is 0 Å². The number of methoxy groups -OCH3 is 2. The molecule has 0 spiro atoms. The highest BCUT2D eigenvalue weighted by molar-refractivity contribution is 6.71. The van der Waals surface area contributed by atoms with E-state index >= 15 is 0 Å². The first-order valence-electron chi connectivity index (χ1n) is 7.59. The summed E-state index contributed by atoms with van der Waals surface area (Å²) in [5.41, 5.74) is 0.637. The summed E-state index contributed by atoms with van der Waals surface area (Å²) >= 11 is 0. The number of carbonyl (C=O) groups excluding carboxylic acids is 1. The average Bonchev–Trinajstić information content (AvgIpc) is 2.41. The van der Waals surface area contributed by atoms with E-state index in [4.69, 9.17) is 18.3 Å². The summed E-state index contributed by atoms with van der Waals surface area (Å²) in [6.45, 7) is 12.0. The minimum Gasteiger partial charge on any atom is -0.518 e. The van der Waals surface area contributed by atoms with Crippen LogP contribution in [0.1, 0.15) is 11.7 Å². The van der Waals surface area contributed by atoms with E-state index < -0.39 is 22.7 Å². The van der Waals surface area contributed by atoms with E-state index in [9.17, 15) is 4.79 Å². The van der Waals surface area contributed by atoms with Gasteiger partial charge in [0.1, 0.15) is 11.5 Å². The third-order valence-electron chi connectivity index (χ3n) is 2.81. The first-order chi connectivity index (χ1) is 10.5. The van der Waals surface area contributed by atoms with Crippen LogP contribution in [-0.4, -0.2) is 36.8 Å². The van der Waals surface area contributed by atoms with E-state index in [1.165, 1.54) is 0 Å². The molecule has 1 atom stereocenters. The van der Waals surface area contributed by atoms with Gasteiger partial charge in [0, 0.05) is 5.56 Å². The minimum absolute atomic E-state index is 0.363. The molecular weight excluding hydrogens is 328 g/mol. The third-order valence-corrected chi connectivity index (χ3v) is 4.57. The van der Waals surface area contributed by atoms with Crippen molar-refractivity contribution in [1.82, 2.24) is 0 Å². The van der Waals surface area contributed by atoms with Crippen LogP contribution in [0.4, 0.5) is 0 Å². The molecule has 1 aromatic carbocycles. The molecule has 0 aliphatic heterocycles. The Kier molecular flexibility index (Phi) is 6.44. The molecule has 0 N–H and O–H groups in total. The summed E-state index contributed by atoms with van der Waals surface area (Å²) in [5, 5.41) is 0. The molecule has 0 bridgehead atoms. The van der Waals surface area contributed by atoms with Crippen LogP contribution in [0.25, 0.3) is 0 Å². The molecule has 0 fully saturated rings. The smallest absolute Gasteiger partial charge is 0.325 e. The molecule has 0 aromatic heterocycles. The molecule has 0 amide bonds. The lowest BCUT2D eigenvalue weighted by Gasteiger charge is -2.29. The molecule has 0 heterocycles. The van der Waals surface area contributed by atoms with E-state index in [1.54, 1.807) is 32.4 Å². The zero-order valence-electron chi connectivity index (χ0n) is 15.4. The number of carbonyl (C=O) groups is 1. The Hall–Kier alpha value is -1.32. The summed E-state index contributed by atoms with van der Waals surface area (Å²) < 4.78 is 22.5. The second-order valence-corrected chi connectivity index (χ2v) is 16.1. The lowest BCUT2D eigenvalue weighted by atomic mass is 10.1. The van der Waals surface area contributed by atoms with Crippen molar-refractivity contribution >= 4 is 22.6 Å².